The summed E-state index contributed by atoms with van der Waals surface area (Å²) in [6, 6.07) is 3.76. The van der Waals surface area contributed by atoms with Gasteiger partial charge in [-0.1, -0.05) is 23.8 Å². The second-order valence-electron chi connectivity index (χ2n) is 3.65. The fourth-order valence-electron chi connectivity index (χ4n) is 1.26. The number of benzene rings is 1. The maximum absolute atomic E-state index is 13.6. The molecule has 0 radical (unpaired) electrons. The molecule has 0 fully saturated rings. The van der Waals surface area contributed by atoms with Crippen molar-refractivity contribution in [2.75, 3.05) is 0 Å². The van der Waals surface area contributed by atoms with Crippen molar-refractivity contribution >= 4 is 6.08 Å². The maximum Gasteiger partial charge on any atom is 0.133 e. The third-order valence-corrected chi connectivity index (χ3v) is 2.02. The molecule has 0 heterocycles. The van der Waals surface area contributed by atoms with Crippen molar-refractivity contribution in [1.82, 2.24) is 0 Å². The quantitative estimate of drug-likeness (QED) is 0.612. The standard InChI is InChI=1S/C12H15F/c1-8(2)7-11-9(3)5-6-10(4)12(11)13/h5-7H,1-4H3. The number of rotatable bonds is 1. The molecule has 0 aromatic heterocycles. The number of aryl methyl sites for hydroxylation is 2. The molecule has 0 nitrogen and oxygen atoms in total. The molecule has 0 unspecified atom stereocenters. The summed E-state index contributed by atoms with van der Waals surface area (Å²) in [4.78, 5) is 0. The van der Waals surface area contributed by atoms with Gasteiger partial charge in [-0.25, -0.2) is 4.39 Å². The van der Waals surface area contributed by atoms with Gasteiger partial charge in [0.05, 0.1) is 0 Å². The minimum atomic E-state index is -0.0961. The van der Waals surface area contributed by atoms with Crippen LogP contribution in [0, 0.1) is 19.7 Å². The van der Waals surface area contributed by atoms with Crippen LogP contribution in [-0.2, 0) is 0 Å². The van der Waals surface area contributed by atoms with Gasteiger partial charge in [-0.15, -0.1) is 0 Å². The van der Waals surface area contributed by atoms with Gasteiger partial charge in [0, 0.05) is 5.56 Å². The van der Waals surface area contributed by atoms with Gasteiger partial charge in [0.25, 0.3) is 0 Å². The van der Waals surface area contributed by atoms with Crippen molar-refractivity contribution in [1.29, 1.82) is 0 Å². The zero-order valence-electron chi connectivity index (χ0n) is 8.61. The van der Waals surface area contributed by atoms with E-state index in [1.807, 2.05) is 39.0 Å². The van der Waals surface area contributed by atoms with Crippen molar-refractivity contribution < 1.29 is 4.39 Å². The Labute approximate surface area is 79.1 Å². The molecule has 0 atom stereocenters. The first-order valence-electron chi connectivity index (χ1n) is 4.43. The first-order chi connectivity index (χ1) is 6.02. The lowest BCUT2D eigenvalue weighted by Crippen LogP contribution is -1.91. The predicted octanol–water partition coefficient (Wildman–Crippen LogP) is 3.87. The van der Waals surface area contributed by atoms with Crippen LogP contribution in [0.1, 0.15) is 30.5 Å². The molecular formula is C12H15F. The lowest BCUT2D eigenvalue weighted by Gasteiger charge is -2.05. The van der Waals surface area contributed by atoms with Crippen LogP contribution in [0.15, 0.2) is 17.7 Å². The molecule has 0 N–H and O–H groups in total. The minimum absolute atomic E-state index is 0.0961. The molecule has 0 aliphatic heterocycles. The van der Waals surface area contributed by atoms with Gasteiger partial charge in [0.15, 0.2) is 0 Å². The highest BCUT2D eigenvalue weighted by atomic mass is 19.1. The number of halogens is 1. The van der Waals surface area contributed by atoms with Crippen molar-refractivity contribution in [2.45, 2.75) is 27.7 Å². The van der Waals surface area contributed by atoms with Gasteiger partial charge in [0.1, 0.15) is 5.82 Å². The summed E-state index contributed by atoms with van der Waals surface area (Å²) in [6.45, 7) is 7.66. The van der Waals surface area contributed by atoms with E-state index in [4.69, 9.17) is 0 Å². The maximum atomic E-state index is 13.6. The zero-order chi connectivity index (χ0) is 10.0. The Balaban J connectivity index is 3.34. The SMILES string of the molecule is CC(C)=Cc1c(C)ccc(C)c1F. The fraction of sp³-hybridized carbons (Fsp3) is 0.333. The summed E-state index contributed by atoms with van der Waals surface area (Å²) >= 11 is 0. The van der Waals surface area contributed by atoms with E-state index in [-0.39, 0.29) is 5.82 Å². The molecule has 1 aromatic rings. The lowest BCUT2D eigenvalue weighted by molar-refractivity contribution is 0.614. The van der Waals surface area contributed by atoms with E-state index >= 15 is 0 Å². The van der Waals surface area contributed by atoms with Crippen LogP contribution in [-0.4, -0.2) is 0 Å². The second kappa shape index (κ2) is 3.73. The van der Waals surface area contributed by atoms with E-state index in [0.717, 1.165) is 16.7 Å². The average molecular weight is 178 g/mol. The summed E-state index contributed by atoms with van der Waals surface area (Å²) in [7, 11) is 0. The predicted molar refractivity (Wildman–Crippen MR) is 55.2 cm³/mol. The molecule has 0 saturated carbocycles. The van der Waals surface area contributed by atoms with Crippen LogP contribution in [0.2, 0.25) is 0 Å². The molecular weight excluding hydrogens is 163 g/mol. The molecule has 0 saturated heterocycles. The van der Waals surface area contributed by atoms with E-state index in [1.54, 1.807) is 6.92 Å². The molecule has 0 aliphatic carbocycles. The largest absolute Gasteiger partial charge is 0.206 e. The van der Waals surface area contributed by atoms with E-state index in [9.17, 15) is 4.39 Å². The van der Waals surface area contributed by atoms with E-state index < -0.39 is 0 Å². The highest BCUT2D eigenvalue weighted by molar-refractivity contribution is 5.57. The molecule has 0 amide bonds. The Kier molecular flexibility index (Phi) is 2.86. The fourth-order valence-corrected chi connectivity index (χ4v) is 1.26. The second-order valence-corrected chi connectivity index (χ2v) is 3.65. The summed E-state index contributed by atoms with van der Waals surface area (Å²) < 4.78 is 13.6. The van der Waals surface area contributed by atoms with Crippen LogP contribution in [0.3, 0.4) is 0 Å². The first kappa shape index (κ1) is 9.97. The Morgan fingerprint density at radius 3 is 2.23 bits per heavy atom. The van der Waals surface area contributed by atoms with E-state index in [2.05, 4.69) is 0 Å². The Hall–Kier alpha value is -1.11. The number of hydrogen-bond donors (Lipinski definition) is 0. The van der Waals surface area contributed by atoms with Gasteiger partial charge in [-0.3, -0.25) is 0 Å². The minimum Gasteiger partial charge on any atom is -0.206 e. The van der Waals surface area contributed by atoms with E-state index in [1.165, 1.54) is 0 Å². The summed E-state index contributed by atoms with van der Waals surface area (Å²) in [6.07, 6.45) is 1.89. The number of hydrogen-bond acceptors (Lipinski definition) is 0. The van der Waals surface area contributed by atoms with Crippen molar-refractivity contribution in [3.63, 3.8) is 0 Å². The van der Waals surface area contributed by atoms with Crippen molar-refractivity contribution in [3.05, 3.63) is 40.2 Å². The monoisotopic (exact) mass is 178 g/mol. The topological polar surface area (TPSA) is 0 Å². The highest BCUT2D eigenvalue weighted by Gasteiger charge is 2.05. The Morgan fingerprint density at radius 2 is 1.69 bits per heavy atom. The van der Waals surface area contributed by atoms with Gasteiger partial charge in [0.2, 0.25) is 0 Å². The van der Waals surface area contributed by atoms with Crippen LogP contribution in [0.4, 0.5) is 4.39 Å². The van der Waals surface area contributed by atoms with Gasteiger partial charge in [-0.2, -0.15) is 0 Å². The number of allylic oxidation sites excluding steroid dienone is 1. The molecule has 1 aromatic carbocycles. The molecule has 1 heteroatoms. The van der Waals surface area contributed by atoms with Crippen LogP contribution in [0.5, 0.6) is 0 Å². The molecule has 70 valence electrons. The molecule has 13 heavy (non-hydrogen) atoms. The van der Waals surface area contributed by atoms with Gasteiger partial charge < -0.3 is 0 Å². The van der Waals surface area contributed by atoms with Crippen molar-refractivity contribution in [3.8, 4) is 0 Å². The summed E-state index contributed by atoms with van der Waals surface area (Å²) in [5, 5.41) is 0. The normalized spacial score (nSPS) is 9.92. The first-order valence-corrected chi connectivity index (χ1v) is 4.43. The molecule has 0 spiro atoms. The molecule has 0 aliphatic rings. The molecule has 0 bridgehead atoms. The van der Waals surface area contributed by atoms with Crippen molar-refractivity contribution in [2.24, 2.45) is 0 Å². The van der Waals surface area contributed by atoms with Crippen LogP contribution >= 0.6 is 0 Å². The van der Waals surface area contributed by atoms with Gasteiger partial charge in [-0.05, 0) is 38.8 Å². The van der Waals surface area contributed by atoms with Gasteiger partial charge >= 0.3 is 0 Å². The van der Waals surface area contributed by atoms with E-state index in [0.29, 0.717) is 5.56 Å². The third-order valence-electron chi connectivity index (χ3n) is 2.02. The zero-order valence-corrected chi connectivity index (χ0v) is 8.61. The Bertz CT molecular complexity index is 344. The van der Waals surface area contributed by atoms with Crippen LogP contribution < -0.4 is 0 Å². The smallest absolute Gasteiger partial charge is 0.133 e. The Morgan fingerprint density at radius 1 is 1.15 bits per heavy atom. The lowest BCUT2D eigenvalue weighted by atomic mass is 10.0. The highest BCUT2D eigenvalue weighted by Crippen LogP contribution is 2.19. The average Bonchev–Trinajstić information content (AvgIpc) is 2.05. The summed E-state index contributed by atoms with van der Waals surface area (Å²) in [5.74, 6) is -0.0961. The summed E-state index contributed by atoms with van der Waals surface area (Å²) in [5.41, 5.74) is 3.54. The van der Waals surface area contributed by atoms with Crippen LogP contribution in [0.25, 0.3) is 6.08 Å². The third kappa shape index (κ3) is 2.18. The molecule has 1 rings (SSSR count).